The molecule has 1 aromatic heterocycles. The van der Waals surface area contributed by atoms with Crippen molar-refractivity contribution in [3.8, 4) is 5.75 Å². The highest BCUT2D eigenvalue weighted by Gasteiger charge is 2.17. The highest BCUT2D eigenvalue weighted by molar-refractivity contribution is 9.09. The Morgan fingerprint density at radius 1 is 1.32 bits per heavy atom. The van der Waals surface area contributed by atoms with Crippen molar-refractivity contribution in [1.82, 2.24) is 0 Å². The van der Waals surface area contributed by atoms with Crippen LogP contribution >= 0.6 is 15.9 Å². The molecule has 0 saturated carbocycles. The van der Waals surface area contributed by atoms with E-state index in [4.69, 9.17) is 9.15 Å². The number of hydrogen-bond acceptors (Lipinski definition) is 4. The monoisotopic (exact) mass is 325 g/mol. The van der Waals surface area contributed by atoms with E-state index in [9.17, 15) is 10.1 Å². The molecule has 19 heavy (non-hydrogen) atoms. The minimum absolute atomic E-state index is 0.102. The highest BCUT2D eigenvalue weighted by atomic mass is 79.9. The molecular formula is C13H12BrNO4. The van der Waals surface area contributed by atoms with Crippen LogP contribution in [0.4, 0.5) is 5.88 Å². The summed E-state index contributed by atoms with van der Waals surface area (Å²) < 4.78 is 10.2. The third-order valence-corrected chi connectivity index (χ3v) is 3.45. The molecule has 0 aliphatic carbocycles. The maximum atomic E-state index is 10.5. The van der Waals surface area contributed by atoms with Gasteiger partial charge < -0.3 is 9.15 Å². The number of alkyl halides is 1. The van der Waals surface area contributed by atoms with Crippen molar-refractivity contribution in [2.75, 3.05) is 7.11 Å². The molecule has 0 bridgehead atoms. The van der Waals surface area contributed by atoms with E-state index in [-0.39, 0.29) is 10.7 Å². The molecule has 1 atom stereocenters. The fourth-order valence-electron chi connectivity index (χ4n) is 1.68. The lowest BCUT2D eigenvalue weighted by atomic mass is 10.1. The standard InChI is InChI=1S/C13H12BrNO4/c1-18-10-4-2-9(3-5-10)8-11(14)12-6-7-13(19-12)15(16)17/h2-7,11H,8H2,1H3. The summed E-state index contributed by atoms with van der Waals surface area (Å²) in [5, 5.41) is 10.5. The lowest BCUT2D eigenvalue weighted by Gasteiger charge is -2.07. The van der Waals surface area contributed by atoms with E-state index in [0.29, 0.717) is 12.2 Å². The third-order valence-electron chi connectivity index (χ3n) is 2.68. The van der Waals surface area contributed by atoms with Gasteiger partial charge in [0.05, 0.1) is 18.0 Å². The Kier molecular flexibility index (Phi) is 4.21. The Hall–Kier alpha value is -1.82. The van der Waals surface area contributed by atoms with Crippen molar-refractivity contribution in [2.45, 2.75) is 11.2 Å². The minimum Gasteiger partial charge on any atom is -0.497 e. The second kappa shape index (κ2) is 5.88. The maximum absolute atomic E-state index is 10.5. The van der Waals surface area contributed by atoms with Gasteiger partial charge >= 0.3 is 5.88 Å². The largest absolute Gasteiger partial charge is 0.497 e. The summed E-state index contributed by atoms with van der Waals surface area (Å²) >= 11 is 3.47. The van der Waals surface area contributed by atoms with E-state index in [1.165, 1.54) is 6.07 Å². The van der Waals surface area contributed by atoms with Crippen molar-refractivity contribution >= 4 is 21.8 Å². The first-order chi connectivity index (χ1) is 9.10. The second-order valence-electron chi connectivity index (χ2n) is 3.95. The number of rotatable bonds is 5. The van der Waals surface area contributed by atoms with Crippen LogP contribution in [0.3, 0.4) is 0 Å². The first-order valence-corrected chi connectivity index (χ1v) is 6.53. The predicted octanol–water partition coefficient (Wildman–Crippen LogP) is 3.88. The smallest absolute Gasteiger partial charge is 0.433 e. The predicted molar refractivity (Wildman–Crippen MR) is 73.7 cm³/mol. The van der Waals surface area contributed by atoms with Crippen molar-refractivity contribution in [3.05, 3.63) is 57.8 Å². The minimum atomic E-state index is -0.545. The molecule has 2 aromatic rings. The Balaban J connectivity index is 2.06. The first kappa shape index (κ1) is 13.6. The van der Waals surface area contributed by atoms with Gasteiger partial charge in [-0.3, -0.25) is 10.1 Å². The van der Waals surface area contributed by atoms with Crippen molar-refractivity contribution in [3.63, 3.8) is 0 Å². The van der Waals surface area contributed by atoms with Crippen LogP contribution in [-0.4, -0.2) is 12.0 Å². The molecule has 5 nitrogen and oxygen atoms in total. The number of ether oxygens (including phenoxy) is 1. The maximum Gasteiger partial charge on any atom is 0.433 e. The van der Waals surface area contributed by atoms with Gasteiger partial charge in [-0.15, -0.1) is 0 Å². The quantitative estimate of drug-likeness (QED) is 0.475. The van der Waals surface area contributed by atoms with E-state index in [2.05, 4.69) is 15.9 Å². The van der Waals surface area contributed by atoms with Crippen LogP contribution in [0.1, 0.15) is 16.2 Å². The molecule has 1 unspecified atom stereocenters. The zero-order valence-corrected chi connectivity index (χ0v) is 11.8. The third kappa shape index (κ3) is 3.35. The Labute approximate surface area is 118 Å². The summed E-state index contributed by atoms with van der Waals surface area (Å²) in [6.07, 6.45) is 0.675. The van der Waals surface area contributed by atoms with Crippen LogP contribution in [0.5, 0.6) is 5.75 Å². The summed E-state index contributed by atoms with van der Waals surface area (Å²) in [5.41, 5.74) is 1.08. The van der Waals surface area contributed by atoms with Gasteiger partial charge in [-0.1, -0.05) is 28.1 Å². The molecule has 2 rings (SSSR count). The molecule has 6 heteroatoms. The number of hydrogen-bond donors (Lipinski definition) is 0. The topological polar surface area (TPSA) is 65.5 Å². The van der Waals surface area contributed by atoms with E-state index in [0.717, 1.165) is 11.3 Å². The Morgan fingerprint density at radius 2 is 2.00 bits per heavy atom. The van der Waals surface area contributed by atoms with E-state index in [1.807, 2.05) is 24.3 Å². The molecule has 0 aliphatic rings. The molecule has 0 saturated heterocycles. The van der Waals surface area contributed by atoms with Gasteiger partial charge in [0.25, 0.3) is 0 Å². The van der Waals surface area contributed by atoms with Gasteiger partial charge in [-0.05, 0) is 30.2 Å². The van der Waals surface area contributed by atoms with Crippen LogP contribution in [0, 0.1) is 10.1 Å². The van der Waals surface area contributed by atoms with E-state index in [1.54, 1.807) is 13.2 Å². The summed E-state index contributed by atoms with van der Waals surface area (Å²) in [6.45, 7) is 0. The number of furan rings is 1. The van der Waals surface area contributed by atoms with Crippen molar-refractivity contribution in [1.29, 1.82) is 0 Å². The molecule has 0 aliphatic heterocycles. The lowest BCUT2D eigenvalue weighted by Crippen LogP contribution is -1.94. The van der Waals surface area contributed by atoms with Gasteiger partial charge in [0.2, 0.25) is 0 Å². The molecule has 0 amide bonds. The van der Waals surface area contributed by atoms with E-state index < -0.39 is 4.92 Å². The lowest BCUT2D eigenvalue weighted by molar-refractivity contribution is -0.402. The summed E-state index contributed by atoms with van der Waals surface area (Å²) in [5.74, 6) is 1.10. The van der Waals surface area contributed by atoms with Crippen molar-refractivity contribution < 1.29 is 14.1 Å². The summed E-state index contributed by atoms with van der Waals surface area (Å²) in [7, 11) is 1.62. The fourth-order valence-corrected chi connectivity index (χ4v) is 2.30. The van der Waals surface area contributed by atoms with Crippen LogP contribution in [0.25, 0.3) is 0 Å². The van der Waals surface area contributed by atoms with Gasteiger partial charge in [-0.2, -0.15) is 0 Å². The number of halogens is 1. The molecule has 100 valence electrons. The Morgan fingerprint density at radius 3 is 2.53 bits per heavy atom. The van der Waals surface area contributed by atoms with Crippen LogP contribution in [0.15, 0.2) is 40.8 Å². The molecule has 1 heterocycles. The van der Waals surface area contributed by atoms with E-state index >= 15 is 0 Å². The second-order valence-corrected chi connectivity index (χ2v) is 5.06. The van der Waals surface area contributed by atoms with Crippen molar-refractivity contribution in [2.24, 2.45) is 0 Å². The SMILES string of the molecule is COc1ccc(CC(Br)c2ccc([N+](=O)[O-])o2)cc1. The molecule has 0 N–H and O–H groups in total. The van der Waals surface area contributed by atoms with Gasteiger partial charge in [0.15, 0.2) is 0 Å². The number of benzene rings is 1. The normalized spacial score (nSPS) is 12.1. The summed E-state index contributed by atoms with van der Waals surface area (Å²) in [4.78, 5) is 9.90. The number of nitro groups is 1. The molecular weight excluding hydrogens is 314 g/mol. The highest BCUT2D eigenvalue weighted by Crippen LogP contribution is 2.31. The molecule has 1 aromatic carbocycles. The first-order valence-electron chi connectivity index (χ1n) is 5.61. The number of methoxy groups -OCH3 is 1. The average Bonchev–Trinajstić information content (AvgIpc) is 2.89. The van der Waals surface area contributed by atoms with Crippen LogP contribution in [0.2, 0.25) is 0 Å². The average molecular weight is 326 g/mol. The van der Waals surface area contributed by atoms with Gasteiger partial charge in [0, 0.05) is 0 Å². The summed E-state index contributed by atoms with van der Waals surface area (Å²) in [6, 6.07) is 10.6. The Bertz CT molecular complexity index is 564. The molecule has 0 fully saturated rings. The molecule has 0 spiro atoms. The molecule has 0 radical (unpaired) electrons. The van der Waals surface area contributed by atoms with Crippen LogP contribution in [-0.2, 0) is 6.42 Å². The van der Waals surface area contributed by atoms with Gasteiger partial charge in [0.1, 0.15) is 16.4 Å². The zero-order chi connectivity index (χ0) is 13.8. The number of nitrogens with zero attached hydrogens (tertiary/aromatic N) is 1. The van der Waals surface area contributed by atoms with Crippen LogP contribution < -0.4 is 4.74 Å². The van der Waals surface area contributed by atoms with Gasteiger partial charge in [-0.25, -0.2) is 0 Å². The fraction of sp³-hybridized carbons (Fsp3) is 0.231. The zero-order valence-electron chi connectivity index (χ0n) is 10.2.